The number of benzene rings is 2. The predicted octanol–water partition coefficient (Wildman–Crippen LogP) is 2.00. The lowest BCUT2D eigenvalue weighted by Crippen LogP contribution is -2.41. The van der Waals surface area contributed by atoms with Gasteiger partial charge in [0.2, 0.25) is 0 Å². The Balaban J connectivity index is 1.78. The van der Waals surface area contributed by atoms with E-state index < -0.39 is 42.1 Å². The number of para-hydroxylation sites is 1. The molecule has 39 heavy (non-hydrogen) atoms. The Morgan fingerprint density at radius 2 is 1.79 bits per heavy atom. The minimum Gasteiger partial charge on any atom is -0.497 e. The van der Waals surface area contributed by atoms with Crippen LogP contribution in [0.4, 0.5) is 5.69 Å². The number of carbonyl (C=O) groups excluding carboxylic acids is 2. The third-order valence-corrected chi connectivity index (χ3v) is 7.49. The Labute approximate surface area is 226 Å². The fourth-order valence-corrected chi connectivity index (χ4v) is 5.94. The number of allylic oxidation sites excluding steroid dienone is 1. The molecule has 1 atom stereocenters. The fraction of sp³-hybridized carbons (Fsp3) is 0.250. The van der Waals surface area contributed by atoms with Crippen molar-refractivity contribution in [1.82, 2.24) is 4.57 Å². The number of carbonyl (C=O) groups is 3. The molecule has 1 amide bonds. The maximum atomic E-state index is 14.1. The molecule has 0 saturated heterocycles. The second-order valence-electron chi connectivity index (χ2n) is 9.31. The van der Waals surface area contributed by atoms with Crippen LogP contribution in [-0.4, -0.2) is 47.3 Å². The molecule has 0 aliphatic carbocycles. The quantitative estimate of drug-likeness (QED) is 0.468. The van der Waals surface area contributed by atoms with Crippen molar-refractivity contribution in [1.29, 1.82) is 0 Å². The minimum absolute atomic E-state index is 0.108. The fourth-order valence-electron chi connectivity index (χ4n) is 4.80. The number of anilines is 1. The molecule has 0 bridgehead atoms. The molecule has 5 rings (SSSR count). The third-order valence-electron chi connectivity index (χ3n) is 6.44. The molecule has 0 fully saturated rings. The van der Waals surface area contributed by atoms with Crippen molar-refractivity contribution in [3.63, 3.8) is 0 Å². The number of fused-ring (bicyclic) bond motifs is 2. The van der Waals surface area contributed by atoms with E-state index >= 15 is 0 Å². The van der Waals surface area contributed by atoms with Gasteiger partial charge in [-0.3, -0.25) is 23.9 Å². The van der Waals surface area contributed by atoms with Crippen LogP contribution in [0.15, 0.2) is 69.6 Å². The van der Waals surface area contributed by atoms with Gasteiger partial charge in [0.25, 0.3) is 11.5 Å². The first-order valence-corrected chi connectivity index (χ1v) is 13.0. The van der Waals surface area contributed by atoms with Gasteiger partial charge in [0.15, 0.2) is 4.80 Å². The number of hydrogen-bond donors (Lipinski definition) is 1. The molecule has 2 aliphatic heterocycles. The summed E-state index contributed by atoms with van der Waals surface area (Å²) < 4.78 is 12.3. The Morgan fingerprint density at radius 1 is 1.10 bits per heavy atom. The van der Waals surface area contributed by atoms with E-state index in [1.807, 2.05) is 0 Å². The highest BCUT2D eigenvalue weighted by Gasteiger charge is 2.38. The first kappa shape index (κ1) is 26.1. The zero-order chi connectivity index (χ0) is 28.0. The Kier molecular flexibility index (Phi) is 6.69. The van der Waals surface area contributed by atoms with Gasteiger partial charge in [-0.2, -0.15) is 0 Å². The van der Waals surface area contributed by atoms with Crippen LogP contribution in [0.3, 0.4) is 0 Å². The van der Waals surface area contributed by atoms with Crippen LogP contribution < -0.4 is 24.5 Å². The van der Waals surface area contributed by atoms with Gasteiger partial charge in [0.05, 0.1) is 41.8 Å². The average molecular weight is 548 g/mol. The van der Waals surface area contributed by atoms with Crippen LogP contribution in [0.25, 0.3) is 5.57 Å². The standard InChI is InChI=1S/C28H25N3O7S/c1-14(2)38-27(36)21-15(3)29-28-31(23(21)16-9-11-17(37-4)12-10-16)26(35)24(39-28)22-18-7-5-6-8-19(18)30(25(22)34)13-20(32)33/h5-12,14,23H,13H2,1-4H3,(H,32,33). The monoisotopic (exact) mass is 547 g/mol. The molecule has 0 spiro atoms. The largest absolute Gasteiger partial charge is 0.497 e. The summed E-state index contributed by atoms with van der Waals surface area (Å²) in [6.45, 7) is 4.60. The van der Waals surface area contributed by atoms with E-state index in [1.54, 1.807) is 76.4 Å². The number of amides is 1. The number of aliphatic carboxylic acids is 1. The smallest absolute Gasteiger partial charge is 0.338 e. The van der Waals surface area contributed by atoms with E-state index in [1.165, 1.54) is 4.57 Å². The summed E-state index contributed by atoms with van der Waals surface area (Å²) in [6.07, 6.45) is -0.395. The second kappa shape index (κ2) is 9.99. The Bertz CT molecular complexity index is 1730. The number of methoxy groups -OCH3 is 1. The molecule has 11 heteroatoms. The van der Waals surface area contributed by atoms with Gasteiger partial charge in [-0.05, 0) is 44.5 Å². The molecule has 1 unspecified atom stereocenters. The molecule has 10 nitrogen and oxygen atoms in total. The highest BCUT2D eigenvalue weighted by atomic mass is 32.1. The molecule has 2 aromatic carbocycles. The molecule has 1 aromatic heterocycles. The second-order valence-corrected chi connectivity index (χ2v) is 10.3. The van der Waals surface area contributed by atoms with E-state index in [-0.39, 0.29) is 15.7 Å². The van der Waals surface area contributed by atoms with Gasteiger partial charge in [0, 0.05) is 5.56 Å². The first-order valence-electron chi connectivity index (χ1n) is 12.2. The van der Waals surface area contributed by atoms with Crippen molar-refractivity contribution in [2.24, 2.45) is 4.99 Å². The van der Waals surface area contributed by atoms with Gasteiger partial charge in [-0.15, -0.1) is 0 Å². The van der Waals surface area contributed by atoms with Gasteiger partial charge in [-0.1, -0.05) is 41.7 Å². The summed E-state index contributed by atoms with van der Waals surface area (Å²) in [4.78, 5) is 58.4. The first-order chi connectivity index (χ1) is 18.6. The Morgan fingerprint density at radius 3 is 2.44 bits per heavy atom. The molecule has 0 radical (unpaired) electrons. The normalized spacial score (nSPS) is 17.6. The number of carboxylic acid groups (broad SMARTS) is 1. The number of esters is 1. The van der Waals surface area contributed by atoms with Gasteiger partial charge in [0.1, 0.15) is 16.8 Å². The number of carboxylic acids is 1. The highest BCUT2D eigenvalue weighted by molar-refractivity contribution is 7.07. The predicted molar refractivity (Wildman–Crippen MR) is 143 cm³/mol. The average Bonchev–Trinajstić information content (AvgIpc) is 3.35. The summed E-state index contributed by atoms with van der Waals surface area (Å²) in [6, 6.07) is 12.9. The zero-order valence-corrected chi connectivity index (χ0v) is 22.4. The molecule has 3 heterocycles. The van der Waals surface area contributed by atoms with Crippen LogP contribution in [0, 0.1) is 0 Å². The maximum absolute atomic E-state index is 14.1. The number of nitrogens with zero attached hydrogens (tertiary/aromatic N) is 3. The lowest BCUT2D eigenvalue weighted by molar-refractivity contribution is -0.143. The topological polar surface area (TPSA) is 128 Å². The lowest BCUT2D eigenvalue weighted by atomic mass is 9.95. The molecule has 0 saturated carbocycles. The van der Waals surface area contributed by atoms with Crippen molar-refractivity contribution < 1.29 is 29.0 Å². The van der Waals surface area contributed by atoms with Gasteiger partial charge < -0.3 is 14.6 Å². The SMILES string of the molecule is COc1ccc(C2C(C(=O)OC(C)C)=C(C)N=c3sc(=C4C(=O)N(CC(=O)O)c5ccccc54)c(=O)n32)cc1. The van der Waals surface area contributed by atoms with Crippen LogP contribution >= 0.6 is 11.3 Å². The maximum Gasteiger partial charge on any atom is 0.338 e. The van der Waals surface area contributed by atoms with Crippen LogP contribution in [-0.2, 0) is 19.1 Å². The lowest BCUT2D eigenvalue weighted by Gasteiger charge is -2.25. The van der Waals surface area contributed by atoms with E-state index in [0.717, 1.165) is 16.2 Å². The van der Waals surface area contributed by atoms with Crippen LogP contribution in [0.2, 0.25) is 0 Å². The van der Waals surface area contributed by atoms with Crippen LogP contribution in [0.1, 0.15) is 37.9 Å². The van der Waals surface area contributed by atoms with Crippen molar-refractivity contribution >= 4 is 40.4 Å². The van der Waals surface area contributed by atoms with Crippen molar-refractivity contribution in [2.75, 3.05) is 18.6 Å². The summed E-state index contributed by atoms with van der Waals surface area (Å²) in [5.74, 6) is -1.75. The van der Waals surface area contributed by atoms with Gasteiger partial charge >= 0.3 is 11.9 Å². The van der Waals surface area contributed by atoms with E-state index in [0.29, 0.717) is 33.1 Å². The van der Waals surface area contributed by atoms with E-state index in [4.69, 9.17) is 9.47 Å². The molecule has 1 N–H and O–H groups in total. The summed E-state index contributed by atoms with van der Waals surface area (Å²) >= 11 is 1.03. The van der Waals surface area contributed by atoms with E-state index in [2.05, 4.69) is 4.99 Å². The van der Waals surface area contributed by atoms with Crippen molar-refractivity contribution in [2.45, 2.75) is 32.9 Å². The number of hydrogen-bond acceptors (Lipinski definition) is 8. The summed E-state index contributed by atoms with van der Waals surface area (Å²) in [5.41, 5.74) is 1.70. The number of thiazole rings is 1. The molecule has 200 valence electrons. The number of ether oxygens (including phenoxy) is 2. The third kappa shape index (κ3) is 4.44. The van der Waals surface area contributed by atoms with Crippen molar-refractivity contribution in [3.8, 4) is 5.75 Å². The molecular weight excluding hydrogens is 522 g/mol. The molecule has 3 aromatic rings. The number of rotatable bonds is 6. The molecule has 2 aliphatic rings. The Hall–Kier alpha value is -4.51. The van der Waals surface area contributed by atoms with Gasteiger partial charge in [-0.25, -0.2) is 9.79 Å². The molecular formula is C28H25N3O7S. The summed E-state index contributed by atoms with van der Waals surface area (Å²) in [5, 5.41) is 9.39. The number of aromatic nitrogens is 1. The zero-order valence-electron chi connectivity index (χ0n) is 21.6. The van der Waals surface area contributed by atoms with E-state index in [9.17, 15) is 24.3 Å². The summed E-state index contributed by atoms with van der Waals surface area (Å²) in [7, 11) is 1.54. The highest BCUT2D eigenvalue weighted by Crippen LogP contribution is 2.35. The van der Waals surface area contributed by atoms with Crippen LogP contribution in [0.5, 0.6) is 5.75 Å². The van der Waals surface area contributed by atoms with Crippen molar-refractivity contribution in [3.05, 3.63) is 90.6 Å². The minimum atomic E-state index is -1.18.